The number of nitrogens with two attached hydrogens (primary N) is 1. The number of hydrogen-bond donors (Lipinski definition) is 2. The number of carbonyl (C=O) groups is 1. The van der Waals surface area contributed by atoms with E-state index in [2.05, 4.69) is 5.32 Å². The van der Waals surface area contributed by atoms with Crippen molar-refractivity contribution in [2.45, 2.75) is 18.6 Å². The van der Waals surface area contributed by atoms with Crippen molar-refractivity contribution >= 4 is 5.91 Å². The van der Waals surface area contributed by atoms with Crippen molar-refractivity contribution in [3.05, 3.63) is 29.8 Å². The third-order valence-corrected chi connectivity index (χ3v) is 3.50. The van der Waals surface area contributed by atoms with Gasteiger partial charge < -0.3 is 10.5 Å². The molecule has 7 heteroatoms. The van der Waals surface area contributed by atoms with E-state index < -0.39 is 30.1 Å². The van der Waals surface area contributed by atoms with Crippen LogP contribution in [0.1, 0.15) is 12.5 Å². The molecule has 1 aliphatic rings. The minimum absolute atomic E-state index is 0.116. The number of benzene rings is 1. The van der Waals surface area contributed by atoms with Crippen LogP contribution in [-0.2, 0) is 10.3 Å². The predicted molar refractivity (Wildman–Crippen MR) is 66.0 cm³/mol. The van der Waals surface area contributed by atoms with Crippen molar-refractivity contribution in [3.8, 4) is 5.75 Å². The summed E-state index contributed by atoms with van der Waals surface area (Å²) in [5, 5.41) is 2.30. The Bertz CT molecular complexity index is 519. The van der Waals surface area contributed by atoms with Crippen LogP contribution in [0.4, 0.5) is 13.2 Å². The van der Waals surface area contributed by atoms with Gasteiger partial charge in [0.2, 0.25) is 5.91 Å². The van der Waals surface area contributed by atoms with Crippen LogP contribution in [0, 0.1) is 5.92 Å². The third kappa shape index (κ3) is 2.45. The van der Waals surface area contributed by atoms with E-state index in [0.29, 0.717) is 11.3 Å². The maximum absolute atomic E-state index is 12.5. The first-order valence-electron chi connectivity index (χ1n) is 6.11. The van der Waals surface area contributed by atoms with E-state index in [4.69, 9.17) is 10.5 Å². The highest BCUT2D eigenvalue weighted by molar-refractivity contribution is 5.88. The van der Waals surface area contributed by atoms with Crippen LogP contribution in [0.3, 0.4) is 0 Å². The predicted octanol–water partition coefficient (Wildman–Crippen LogP) is 1.55. The Hall–Kier alpha value is -1.76. The van der Waals surface area contributed by atoms with Gasteiger partial charge in [-0.3, -0.25) is 10.1 Å². The number of carbonyl (C=O) groups excluding carboxylic acids is 1. The molecule has 0 saturated heterocycles. The number of primary amides is 1. The van der Waals surface area contributed by atoms with Gasteiger partial charge in [-0.15, -0.1) is 0 Å². The molecule has 3 N–H and O–H groups in total. The molecule has 0 aromatic heterocycles. The summed E-state index contributed by atoms with van der Waals surface area (Å²) in [5.41, 5.74) is 4.18. The first kappa shape index (κ1) is 14.6. The molecule has 1 aromatic rings. The molecule has 1 aromatic carbocycles. The van der Waals surface area contributed by atoms with Gasteiger partial charge in [-0.1, -0.05) is 25.1 Å². The molecule has 0 fully saturated rings. The van der Waals surface area contributed by atoms with E-state index in [1.54, 1.807) is 31.2 Å². The number of para-hydroxylation sites is 1. The maximum atomic E-state index is 12.5. The fourth-order valence-electron chi connectivity index (χ4n) is 2.50. The second kappa shape index (κ2) is 4.97. The normalized spacial score (nSPS) is 25.7. The molecule has 4 nitrogen and oxygen atoms in total. The zero-order valence-corrected chi connectivity index (χ0v) is 10.8. The van der Waals surface area contributed by atoms with Gasteiger partial charge in [0.05, 0.1) is 13.2 Å². The average Bonchev–Trinajstić information content (AvgIpc) is 2.36. The molecule has 0 radical (unpaired) electrons. The van der Waals surface area contributed by atoms with E-state index >= 15 is 0 Å². The monoisotopic (exact) mass is 288 g/mol. The Kier molecular flexibility index (Phi) is 3.64. The zero-order chi connectivity index (χ0) is 15.0. The van der Waals surface area contributed by atoms with Crippen LogP contribution < -0.4 is 15.8 Å². The lowest BCUT2D eigenvalue weighted by atomic mass is 9.76. The summed E-state index contributed by atoms with van der Waals surface area (Å²) in [5.74, 6) is -0.985. The molecular weight excluding hydrogens is 273 g/mol. The highest BCUT2D eigenvalue weighted by Crippen LogP contribution is 2.40. The Morgan fingerprint density at radius 2 is 2.15 bits per heavy atom. The number of halogens is 3. The van der Waals surface area contributed by atoms with Crippen LogP contribution in [0.15, 0.2) is 24.3 Å². The molecule has 2 rings (SSSR count). The maximum Gasteiger partial charge on any atom is 0.401 e. The van der Waals surface area contributed by atoms with Crippen molar-refractivity contribution in [2.75, 3.05) is 13.2 Å². The molecule has 1 amide bonds. The molecule has 1 aliphatic heterocycles. The van der Waals surface area contributed by atoms with Gasteiger partial charge in [0.15, 0.2) is 0 Å². The molecule has 110 valence electrons. The molecule has 0 bridgehead atoms. The van der Waals surface area contributed by atoms with Gasteiger partial charge >= 0.3 is 6.18 Å². The standard InChI is InChI=1S/C13H15F3N2O2/c1-8-6-20-10-5-3-2-4-9(10)13(8,11(17)19)18-7-12(14,15)16/h2-5,8,18H,6-7H2,1H3,(H2,17,19). The molecule has 2 atom stereocenters. The number of rotatable bonds is 3. The minimum Gasteiger partial charge on any atom is -0.493 e. The number of alkyl halides is 3. The largest absolute Gasteiger partial charge is 0.493 e. The quantitative estimate of drug-likeness (QED) is 0.887. The molecule has 2 unspecified atom stereocenters. The topological polar surface area (TPSA) is 64.3 Å². The number of nitrogens with one attached hydrogen (secondary N) is 1. The Balaban J connectivity index is 2.47. The lowest BCUT2D eigenvalue weighted by Crippen LogP contribution is -2.61. The van der Waals surface area contributed by atoms with Gasteiger partial charge in [-0.05, 0) is 6.07 Å². The summed E-state index contributed by atoms with van der Waals surface area (Å²) >= 11 is 0. The van der Waals surface area contributed by atoms with Crippen molar-refractivity contribution in [3.63, 3.8) is 0 Å². The molecule has 0 saturated carbocycles. The van der Waals surface area contributed by atoms with Crippen molar-refractivity contribution in [1.82, 2.24) is 5.32 Å². The van der Waals surface area contributed by atoms with E-state index in [-0.39, 0.29) is 6.61 Å². The fourth-order valence-corrected chi connectivity index (χ4v) is 2.50. The van der Waals surface area contributed by atoms with Crippen molar-refractivity contribution in [2.24, 2.45) is 11.7 Å². The Morgan fingerprint density at radius 3 is 2.75 bits per heavy atom. The van der Waals surface area contributed by atoms with Crippen molar-refractivity contribution in [1.29, 1.82) is 0 Å². The second-order valence-electron chi connectivity index (χ2n) is 4.85. The molecule has 0 spiro atoms. The second-order valence-corrected chi connectivity index (χ2v) is 4.85. The van der Waals surface area contributed by atoms with Crippen LogP contribution in [0.2, 0.25) is 0 Å². The minimum atomic E-state index is -4.44. The molecule has 1 heterocycles. The summed E-state index contributed by atoms with van der Waals surface area (Å²) in [6.45, 7) is 0.448. The van der Waals surface area contributed by atoms with Gasteiger partial charge in [0, 0.05) is 11.5 Å². The van der Waals surface area contributed by atoms with Gasteiger partial charge in [-0.2, -0.15) is 13.2 Å². The van der Waals surface area contributed by atoms with Crippen LogP contribution in [-0.4, -0.2) is 25.2 Å². The van der Waals surface area contributed by atoms with Gasteiger partial charge in [-0.25, -0.2) is 0 Å². The lowest BCUT2D eigenvalue weighted by Gasteiger charge is -2.42. The van der Waals surface area contributed by atoms with Crippen molar-refractivity contribution < 1.29 is 22.7 Å². The van der Waals surface area contributed by atoms with E-state index in [9.17, 15) is 18.0 Å². The first-order chi connectivity index (χ1) is 9.27. The first-order valence-corrected chi connectivity index (χ1v) is 6.11. The Morgan fingerprint density at radius 1 is 1.50 bits per heavy atom. The lowest BCUT2D eigenvalue weighted by molar-refractivity contribution is -0.141. The van der Waals surface area contributed by atoms with Crippen LogP contribution in [0.5, 0.6) is 5.75 Å². The highest BCUT2D eigenvalue weighted by atomic mass is 19.4. The molecular formula is C13H15F3N2O2. The van der Waals surface area contributed by atoms with E-state index in [1.165, 1.54) is 0 Å². The average molecular weight is 288 g/mol. The third-order valence-electron chi connectivity index (χ3n) is 3.50. The van der Waals surface area contributed by atoms with Gasteiger partial charge in [0.1, 0.15) is 11.3 Å². The molecule has 20 heavy (non-hydrogen) atoms. The zero-order valence-electron chi connectivity index (χ0n) is 10.8. The SMILES string of the molecule is CC1COc2ccccc2C1(NCC(F)(F)F)C(N)=O. The fraction of sp³-hybridized carbons (Fsp3) is 0.462. The number of hydrogen-bond acceptors (Lipinski definition) is 3. The smallest absolute Gasteiger partial charge is 0.401 e. The number of fused-ring (bicyclic) bond motifs is 1. The van der Waals surface area contributed by atoms with Crippen LogP contribution >= 0.6 is 0 Å². The highest BCUT2D eigenvalue weighted by Gasteiger charge is 2.49. The summed E-state index contributed by atoms with van der Waals surface area (Å²) in [4.78, 5) is 11.9. The van der Waals surface area contributed by atoms with E-state index in [1.807, 2.05) is 0 Å². The summed E-state index contributed by atoms with van der Waals surface area (Å²) < 4.78 is 42.9. The summed E-state index contributed by atoms with van der Waals surface area (Å²) in [7, 11) is 0. The van der Waals surface area contributed by atoms with Crippen LogP contribution in [0.25, 0.3) is 0 Å². The molecule has 0 aliphatic carbocycles. The van der Waals surface area contributed by atoms with E-state index in [0.717, 1.165) is 0 Å². The summed E-state index contributed by atoms with van der Waals surface area (Å²) in [6, 6.07) is 6.48. The number of ether oxygens (including phenoxy) is 1. The Labute approximate surface area is 114 Å². The van der Waals surface area contributed by atoms with Gasteiger partial charge in [0.25, 0.3) is 0 Å². The summed E-state index contributed by atoms with van der Waals surface area (Å²) in [6.07, 6.45) is -4.44. The number of amides is 1.